The summed E-state index contributed by atoms with van der Waals surface area (Å²) < 4.78 is 7.21. The van der Waals surface area contributed by atoms with Crippen LogP contribution >= 0.6 is 0 Å². The number of hydrogen-bond donors (Lipinski definition) is 1. The fourth-order valence-electron chi connectivity index (χ4n) is 2.98. The number of methoxy groups -OCH3 is 1. The SMILES string of the molecule is COc1ccccc1CNc1nc(C)nc2c1nnn2Cc1ccccc1. The first-order valence-electron chi connectivity index (χ1n) is 8.72. The zero-order chi connectivity index (χ0) is 18.6. The molecule has 27 heavy (non-hydrogen) atoms. The van der Waals surface area contributed by atoms with Crippen LogP contribution in [0, 0.1) is 6.92 Å². The molecule has 0 spiro atoms. The van der Waals surface area contributed by atoms with Gasteiger partial charge in [0.05, 0.1) is 13.7 Å². The van der Waals surface area contributed by atoms with E-state index in [1.807, 2.05) is 49.4 Å². The van der Waals surface area contributed by atoms with E-state index in [1.54, 1.807) is 11.8 Å². The molecule has 7 heteroatoms. The van der Waals surface area contributed by atoms with Crippen LogP contribution in [0.2, 0.25) is 0 Å². The summed E-state index contributed by atoms with van der Waals surface area (Å²) in [5, 5.41) is 11.9. The highest BCUT2D eigenvalue weighted by atomic mass is 16.5. The van der Waals surface area contributed by atoms with Crippen molar-refractivity contribution in [3.8, 4) is 5.75 Å². The van der Waals surface area contributed by atoms with Crippen LogP contribution in [0.15, 0.2) is 54.6 Å². The molecule has 136 valence electrons. The number of benzene rings is 2. The van der Waals surface area contributed by atoms with E-state index in [0.29, 0.717) is 35.9 Å². The highest BCUT2D eigenvalue weighted by Gasteiger charge is 2.14. The first kappa shape index (κ1) is 17.0. The largest absolute Gasteiger partial charge is 0.496 e. The maximum atomic E-state index is 5.41. The number of anilines is 1. The number of hydrogen-bond acceptors (Lipinski definition) is 6. The summed E-state index contributed by atoms with van der Waals surface area (Å²) in [6.45, 7) is 3.05. The van der Waals surface area contributed by atoms with Gasteiger partial charge in [0, 0.05) is 12.1 Å². The van der Waals surface area contributed by atoms with Crippen molar-refractivity contribution in [2.24, 2.45) is 0 Å². The number of para-hydroxylation sites is 1. The number of aryl methyl sites for hydroxylation is 1. The topological polar surface area (TPSA) is 77.8 Å². The van der Waals surface area contributed by atoms with Gasteiger partial charge in [0.25, 0.3) is 0 Å². The van der Waals surface area contributed by atoms with E-state index in [4.69, 9.17) is 4.74 Å². The van der Waals surface area contributed by atoms with Crippen molar-refractivity contribution in [1.82, 2.24) is 25.0 Å². The second kappa shape index (κ2) is 7.41. The molecule has 2 aromatic heterocycles. The Kier molecular flexibility index (Phi) is 4.65. The molecule has 4 aromatic rings. The van der Waals surface area contributed by atoms with Crippen molar-refractivity contribution < 1.29 is 4.74 Å². The van der Waals surface area contributed by atoms with Gasteiger partial charge in [-0.1, -0.05) is 53.7 Å². The van der Waals surface area contributed by atoms with Gasteiger partial charge in [-0.05, 0) is 18.6 Å². The van der Waals surface area contributed by atoms with E-state index >= 15 is 0 Å². The highest BCUT2D eigenvalue weighted by Crippen LogP contribution is 2.22. The molecule has 0 saturated carbocycles. The molecule has 2 aromatic carbocycles. The number of rotatable bonds is 6. The molecule has 0 unspecified atom stereocenters. The molecule has 2 heterocycles. The predicted octanol–water partition coefficient (Wildman–Crippen LogP) is 3.20. The second-order valence-electron chi connectivity index (χ2n) is 6.19. The standard InChI is InChI=1S/C20H20N6O/c1-14-22-19(21-12-16-10-6-7-11-17(16)27-2)18-20(23-14)26(25-24-18)13-15-8-4-3-5-9-15/h3-11H,12-13H2,1-2H3,(H,21,22,23). The summed E-state index contributed by atoms with van der Waals surface area (Å²) in [5.41, 5.74) is 3.56. The molecule has 0 aliphatic carbocycles. The van der Waals surface area contributed by atoms with Crippen LogP contribution in [0.25, 0.3) is 11.2 Å². The van der Waals surface area contributed by atoms with Gasteiger partial charge >= 0.3 is 0 Å². The van der Waals surface area contributed by atoms with E-state index in [1.165, 1.54) is 0 Å². The van der Waals surface area contributed by atoms with Crippen LogP contribution in [0.4, 0.5) is 5.82 Å². The molecule has 0 amide bonds. The Balaban J connectivity index is 1.63. The number of fused-ring (bicyclic) bond motifs is 1. The molecule has 0 atom stereocenters. The zero-order valence-electron chi connectivity index (χ0n) is 15.3. The summed E-state index contributed by atoms with van der Waals surface area (Å²) in [6, 6.07) is 18.0. The summed E-state index contributed by atoms with van der Waals surface area (Å²) in [5.74, 6) is 2.17. The van der Waals surface area contributed by atoms with Crippen molar-refractivity contribution in [2.45, 2.75) is 20.0 Å². The third-order valence-electron chi connectivity index (χ3n) is 4.29. The lowest BCUT2D eigenvalue weighted by atomic mass is 10.2. The highest BCUT2D eigenvalue weighted by molar-refractivity contribution is 5.82. The summed E-state index contributed by atoms with van der Waals surface area (Å²) >= 11 is 0. The minimum absolute atomic E-state index is 0.571. The minimum atomic E-state index is 0.571. The monoisotopic (exact) mass is 360 g/mol. The van der Waals surface area contributed by atoms with E-state index in [9.17, 15) is 0 Å². The lowest BCUT2D eigenvalue weighted by molar-refractivity contribution is 0.410. The van der Waals surface area contributed by atoms with E-state index in [0.717, 1.165) is 16.9 Å². The first-order chi connectivity index (χ1) is 13.2. The Morgan fingerprint density at radius 1 is 1.00 bits per heavy atom. The Morgan fingerprint density at radius 2 is 1.78 bits per heavy atom. The van der Waals surface area contributed by atoms with Crippen molar-refractivity contribution in [2.75, 3.05) is 12.4 Å². The molecule has 1 N–H and O–H groups in total. The van der Waals surface area contributed by atoms with Gasteiger partial charge in [-0.25, -0.2) is 14.6 Å². The van der Waals surface area contributed by atoms with Gasteiger partial charge in [0.1, 0.15) is 11.6 Å². The van der Waals surface area contributed by atoms with E-state index < -0.39 is 0 Å². The van der Waals surface area contributed by atoms with Gasteiger partial charge in [0.2, 0.25) is 0 Å². The third kappa shape index (κ3) is 3.57. The average molecular weight is 360 g/mol. The Morgan fingerprint density at radius 3 is 2.59 bits per heavy atom. The van der Waals surface area contributed by atoms with E-state index in [2.05, 4.69) is 37.7 Å². The molecule has 0 radical (unpaired) electrons. The normalized spacial score (nSPS) is 10.9. The van der Waals surface area contributed by atoms with Crippen molar-refractivity contribution in [3.05, 3.63) is 71.5 Å². The quantitative estimate of drug-likeness (QED) is 0.569. The number of nitrogens with zero attached hydrogens (tertiary/aromatic N) is 5. The number of ether oxygens (including phenoxy) is 1. The molecule has 0 bridgehead atoms. The lowest BCUT2D eigenvalue weighted by Crippen LogP contribution is -2.07. The van der Waals surface area contributed by atoms with Gasteiger partial charge in [-0.15, -0.1) is 5.10 Å². The lowest BCUT2D eigenvalue weighted by Gasteiger charge is -2.10. The summed E-state index contributed by atoms with van der Waals surface area (Å²) in [4.78, 5) is 9.06. The number of nitrogens with one attached hydrogen (secondary N) is 1. The summed E-state index contributed by atoms with van der Waals surface area (Å²) in [7, 11) is 1.67. The first-order valence-corrected chi connectivity index (χ1v) is 8.72. The molecule has 4 rings (SSSR count). The Labute approximate surface area is 157 Å². The van der Waals surface area contributed by atoms with Crippen LogP contribution in [-0.2, 0) is 13.1 Å². The second-order valence-corrected chi connectivity index (χ2v) is 6.19. The maximum Gasteiger partial charge on any atom is 0.184 e. The molecule has 0 aliphatic rings. The Hall–Kier alpha value is -3.48. The fourth-order valence-corrected chi connectivity index (χ4v) is 2.98. The van der Waals surface area contributed by atoms with Crippen LogP contribution in [0.1, 0.15) is 17.0 Å². The van der Waals surface area contributed by atoms with Gasteiger partial charge in [-0.3, -0.25) is 0 Å². The average Bonchev–Trinajstić information content (AvgIpc) is 3.09. The van der Waals surface area contributed by atoms with Crippen LogP contribution in [0.5, 0.6) is 5.75 Å². The fraction of sp³-hybridized carbons (Fsp3) is 0.200. The van der Waals surface area contributed by atoms with Gasteiger partial charge in [0.15, 0.2) is 17.0 Å². The third-order valence-corrected chi connectivity index (χ3v) is 4.29. The van der Waals surface area contributed by atoms with Gasteiger partial charge < -0.3 is 10.1 Å². The smallest absolute Gasteiger partial charge is 0.184 e. The molecule has 7 nitrogen and oxygen atoms in total. The molecular formula is C20H20N6O. The van der Waals surface area contributed by atoms with Gasteiger partial charge in [-0.2, -0.15) is 0 Å². The maximum absolute atomic E-state index is 5.41. The summed E-state index contributed by atoms with van der Waals surface area (Å²) in [6.07, 6.45) is 0. The predicted molar refractivity (Wildman–Crippen MR) is 104 cm³/mol. The van der Waals surface area contributed by atoms with Crippen molar-refractivity contribution in [3.63, 3.8) is 0 Å². The Bertz CT molecular complexity index is 1060. The minimum Gasteiger partial charge on any atom is -0.496 e. The van der Waals surface area contributed by atoms with Crippen LogP contribution in [-0.4, -0.2) is 32.1 Å². The zero-order valence-corrected chi connectivity index (χ0v) is 15.3. The van der Waals surface area contributed by atoms with Crippen LogP contribution < -0.4 is 10.1 Å². The van der Waals surface area contributed by atoms with E-state index in [-0.39, 0.29) is 0 Å². The molecule has 0 saturated heterocycles. The molecule has 0 fully saturated rings. The van der Waals surface area contributed by atoms with Crippen molar-refractivity contribution >= 4 is 17.0 Å². The van der Waals surface area contributed by atoms with Crippen LogP contribution in [0.3, 0.4) is 0 Å². The number of aromatic nitrogens is 5. The molecule has 0 aliphatic heterocycles. The molecular weight excluding hydrogens is 340 g/mol. The van der Waals surface area contributed by atoms with Crippen molar-refractivity contribution in [1.29, 1.82) is 0 Å².